The second-order valence-electron chi connectivity index (χ2n) is 6.92. The van der Waals surface area contributed by atoms with Crippen LogP contribution in [0.4, 0.5) is 5.69 Å². The molecular weight excluding hydrogens is 409 g/mol. The number of hydrogen-bond donors (Lipinski definition) is 1. The number of benzene rings is 2. The van der Waals surface area contributed by atoms with Crippen LogP contribution in [-0.2, 0) is 11.8 Å². The van der Waals surface area contributed by atoms with E-state index in [2.05, 4.69) is 5.32 Å². The van der Waals surface area contributed by atoms with Gasteiger partial charge in [0.2, 0.25) is 5.91 Å². The topological polar surface area (TPSA) is 56.0 Å². The van der Waals surface area contributed by atoms with Gasteiger partial charge in [0.1, 0.15) is 5.69 Å². The third-order valence-corrected chi connectivity index (χ3v) is 4.86. The maximum Gasteiger partial charge on any atom is 0.295 e. The van der Waals surface area contributed by atoms with Gasteiger partial charge in [-0.05, 0) is 47.9 Å². The number of nitrogens with one attached hydrogen (secondary N) is 1. The van der Waals surface area contributed by atoms with Crippen LogP contribution in [0, 0.1) is 0 Å². The van der Waals surface area contributed by atoms with Gasteiger partial charge in [0.05, 0.1) is 11.4 Å². The zero-order chi connectivity index (χ0) is 21.1. The molecule has 0 aliphatic rings. The van der Waals surface area contributed by atoms with Gasteiger partial charge in [0, 0.05) is 23.2 Å². The molecule has 1 aromatic heterocycles. The number of amides is 1. The fourth-order valence-corrected chi connectivity index (χ4v) is 3.81. The lowest BCUT2D eigenvalue weighted by atomic mass is 10.1. The molecule has 1 N–H and O–H groups in total. The van der Waals surface area contributed by atoms with Crippen LogP contribution in [0.25, 0.3) is 11.8 Å². The Labute approximate surface area is 179 Å². The number of hydrogen-bond acceptors (Lipinski definition) is 2. The highest BCUT2D eigenvalue weighted by Gasteiger charge is 2.22. The maximum atomic E-state index is 13.1. The molecule has 0 aliphatic heterocycles. The van der Waals surface area contributed by atoms with Crippen molar-refractivity contribution in [3.8, 4) is 5.69 Å². The molecule has 0 radical (unpaired) electrons. The van der Waals surface area contributed by atoms with Crippen molar-refractivity contribution in [3.63, 3.8) is 0 Å². The van der Waals surface area contributed by atoms with E-state index in [1.54, 1.807) is 33.6 Å². The molecule has 0 saturated heterocycles. The summed E-state index contributed by atoms with van der Waals surface area (Å²) in [7, 11) is 1.81. The molecule has 0 spiro atoms. The minimum Gasteiger partial charge on any atom is -0.316 e. The molecular formula is C22H21Cl2N3O2. The van der Waals surface area contributed by atoms with Gasteiger partial charge in [-0.1, -0.05) is 55.2 Å². The van der Waals surface area contributed by atoms with E-state index in [0.717, 1.165) is 11.4 Å². The summed E-state index contributed by atoms with van der Waals surface area (Å²) >= 11 is 12.0. The molecule has 0 aliphatic carbocycles. The zero-order valence-electron chi connectivity index (χ0n) is 16.3. The Bertz CT molecular complexity index is 1110. The van der Waals surface area contributed by atoms with Gasteiger partial charge in [0.15, 0.2) is 0 Å². The molecule has 0 unspecified atom stereocenters. The van der Waals surface area contributed by atoms with Crippen molar-refractivity contribution < 1.29 is 4.79 Å². The van der Waals surface area contributed by atoms with E-state index in [4.69, 9.17) is 23.2 Å². The first-order valence-corrected chi connectivity index (χ1v) is 9.86. The number of aromatic nitrogens is 2. The monoisotopic (exact) mass is 429 g/mol. The molecule has 29 heavy (non-hydrogen) atoms. The van der Waals surface area contributed by atoms with Gasteiger partial charge in [-0.2, -0.15) is 0 Å². The van der Waals surface area contributed by atoms with Crippen molar-refractivity contribution in [3.05, 3.63) is 86.3 Å². The van der Waals surface area contributed by atoms with Crippen LogP contribution >= 0.6 is 23.2 Å². The first kappa shape index (κ1) is 21.0. The summed E-state index contributed by atoms with van der Waals surface area (Å²) in [5, 5.41) is 3.70. The van der Waals surface area contributed by atoms with Gasteiger partial charge in [-0.3, -0.25) is 14.3 Å². The first-order valence-electron chi connectivity index (χ1n) is 9.10. The lowest BCUT2D eigenvalue weighted by Gasteiger charge is -2.12. The molecule has 2 aromatic carbocycles. The Balaban J connectivity index is 1.95. The van der Waals surface area contributed by atoms with Crippen LogP contribution < -0.4 is 10.9 Å². The fraction of sp³-hybridized carbons (Fsp3) is 0.182. The van der Waals surface area contributed by atoms with Gasteiger partial charge in [0.25, 0.3) is 5.56 Å². The summed E-state index contributed by atoms with van der Waals surface area (Å²) < 4.78 is 3.32. The largest absolute Gasteiger partial charge is 0.316 e. The summed E-state index contributed by atoms with van der Waals surface area (Å²) in [6, 6.07) is 14.3. The molecule has 1 amide bonds. The fourth-order valence-electron chi connectivity index (χ4n) is 3.27. The first-order chi connectivity index (χ1) is 13.8. The van der Waals surface area contributed by atoms with E-state index < -0.39 is 5.91 Å². The summed E-state index contributed by atoms with van der Waals surface area (Å²) in [6.07, 6.45) is 2.95. The predicted octanol–water partition coefficient (Wildman–Crippen LogP) is 5.26. The summed E-state index contributed by atoms with van der Waals surface area (Å²) in [6.45, 7) is 3.95. The zero-order valence-corrected chi connectivity index (χ0v) is 17.8. The lowest BCUT2D eigenvalue weighted by Crippen LogP contribution is -2.22. The minimum absolute atomic E-state index is 0.0312. The van der Waals surface area contributed by atoms with Crippen molar-refractivity contribution in [1.82, 2.24) is 9.36 Å². The number of nitrogens with zero attached hydrogens (tertiary/aromatic N) is 2. The van der Waals surface area contributed by atoms with Crippen LogP contribution in [0.5, 0.6) is 0 Å². The number of halogens is 2. The van der Waals surface area contributed by atoms with Crippen molar-refractivity contribution in [2.75, 3.05) is 5.32 Å². The second kappa shape index (κ2) is 8.72. The van der Waals surface area contributed by atoms with Gasteiger partial charge in [-0.15, -0.1) is 0 Å². The Morgan fingerprint density at radius 1 is 1.07 bits per heavy atom. The Hall–Kier alpha value is -2.76. The molecule has 5 nitrogen and oxygen atoms in total. The number of carbonyl (C=O) groups is 1. The average molecular weight is 430 g/mol. The Morgan fingerprint density at radius 3 is 2.28 bits per heavy atom. The van der Waals surface area contributed by atoms with Crippen LogP contribution in [0.15, 0.2) is 59.4 Å². The van der Waals surface area contributed by atoms with Crippen LogP contribution in [0.3, 0.4) is 0 Å². The van der Waals surface area contributed by atoms with E-state index in [1.807, 2.05) is 51.2 Å². The highest BCUT2D eigenvalue weighted by molar-refractivity contribution is 6.34. The highest BCUT2D eigenvalue weighted by atomic mass is 35.5. The van der Waals surface area contributed by atoms with E-state index in [0.29, 0.717) is 15.6 Å². The normalized spacial score (nSPS) is 11.4. The molecule has 3 aromatic rings. The summed E-state index contributed by atoms with van der Waals surface area (Å²) in [5.41, 5.74) is 2.15. The van der Waals surface area contributed by atoms with Gasteiger partial charge < -0.3 is 5.32 Å². The average Bonchev–Trinajstić information content (AvgIpc) is 2.90. The third-order valence-electron chi connectivity index (χ3n) is 4.42. The molecule has 150 valence electrons. The molecule has 1 heterocycles. The molecule has 7 heteroatoms. The smallest absolute Gasteiger partial charge is 0.295 e. The Morgan fingerprint density at radius 2 is 1.69 bits per heavy atom. The lowest BCUT2D eigenvalue weighted by molar-refractivity contribution is -0.111. The molecule has 0 atom stereocenters. The van der Waals surface area contributed by atoms with Crippen LogP contribution in [0.2, 0.25) is 10.0 Å². The number of carbonyl (C=O) groups excluding carboxylic acids is 1. The molecule has 0 saturated carbocycles. The van der Waals surface area contributed by atoms with Crippen molar-refractivity contribution in [2.45, 2.75) is 19.8 Å². The number of rotatable bonds is 5. The SMILES string of the molecule is CC(C)c1c(NC(=O)/C=C/c2cc(Cl)cc(Cl)c2)c(=O)n(-c2ccccc2)n1C. The van der Waals surface area contributed by atoms with E-state index in [9.17, 15) is 9.59 Å². The summed E-state index contributed by atoms with van der Waals surface area (Å²) in [4.78, 5) is 25.6. The maximum absolute atomic E-state index is 13.1. The minimum atomic E-state index is -0.411. The second-order valence-corrected chi connectivity index (χ2v) is 7.79. The Kier molecular flexibility index (Phi) is 6.30. The highest BCUT2D eigenvalue weighted by Crippen LogP contribution is 2.23. The summed E-state index contributed by atoms with van der Waals surface area (Å²) in [5.74, 6) is -0.380. The molecule has 0 bridgehead atoms. The molecule has 0 fully saturated rings. The van der Waals surface area contributed by atoms with Gasteiger partial charge >= 0.3 is 0 Å². The van der Waals surface area contributed by atoms with E-state index in [-0.39, 0.29) is 17.2 Å². The number of anilines is 1. The van der Waals surface area contributed by atoms with E-state index >= 15 is 0 Å². The van der Waals surface area contributed by atoms with Crippen LogP contribution in [-0.4, -0.2) is 15.3 Å². The quantitative estimate of drug-likeness (QED) is 0.562. The van der Waals surface area contributed by atoms with Crippen molar-refractivity contribution in [1.29, 1.82) is 0 Å². The standard InChI is InChI=1S/C22H21Cl2N3O2/c1-14(2)21-20(22(29)27(26(21)3)18-7-5-4-6-8-18)25-19(28)10-9-15-11-16(23)13-17(24)12-15/h4-14H,1-3H3,(H,25,28)/b10-9+. The van der Waals surface area contributed by atoms with E-state index in [1.165, 1.54) is 6.08 Å². The van der Waals surface area contributed by atoms with Crippen molar-refractivity contribution in [2.24, 2.45) is 7.05 Å². The van der Waals surface area contributed by atoms with Crippen molar-refractivity contribution >= 4 is 40.9 Å². The van der Waals surface area contributed by atoms with Crippen LogP contribution in [0.1, 0.15) is 31.0 Å². The molecule has 3 rings (SSSR count). The number of para-hydroxylation sites is 1. The van der Waals surface area contributed by atoms with Gasteiger partial charge in [-0.25, -0.2) is 4.68 Å². The third kappa shape index (κ3) is 4.63. The predicted molar refractivity (Wildman–Crippen MR) is 119 cm³/mol.